The van der Waals surface area contributed by atoms with Gasteiger partial charge >= 0.3 is 12.1 Å². The van der Waals surface area contributed by atoms with Gasteiger partial charge in [0.1, 0.15) is 0 Å². The van der Waals surface area contributed by atoms with Crippen molar-refractivity contribution in [2.75, 3.05) is 0 Å². The van der Waals surface area contributed by atoms with Gasteiger partial charge in [-0.1, -0.05) is 24.3 Å². The molecule has 1 aromatic carbocycles. The van der Waals surface area contributed by atoms with Crippen molar-refractivity contribution in [2.24, 2.45) is 0 Å². The fraction of sp³-hybridized carbons (Fsp3) is 0.200. The van der Waals surface area contributed by atoms with E-state index in [1.54, 1.807) is 35.6 Å². The van der Waals surface area contributed by atoms with E-state index < -0.39 is 18.0 Å². The molecule has 0 saturated carbocycles. The largest absolute Gasteiger partial charge is 0.471 e. The predicted octanol–water partition coefficient (Wildman–Crippen LogP) is 2.39. The van der Waals surface area contributed by atoms with Gasteiger partial charge in [0.2, 0.25) is 0 Å². The summed E-state index contributed by atoms with van der Waals surface area (Å²) in [5.74, 6) is -2.22. The Morgan fingerprint density at radius 2 is 1.65 bits per heavy atom. The van der Waals surface area contributed by atoms with Gasteiger partial charge in [0.05, 0.1) is 6.26 Å². The number of hydrogen-bond acceptors (Lipinski definition) is 3. The van der Waals surface area contributed by atoms with Crippen LogP contribution in [0, 0.1) is 0 Å². The third-order valence-corrected chi connectivity index (χ3v) is 2.90. The first-order valence-corrected chi connectivity index (χ1v) is 6.61. The van der Waals surface area contributed by atoms with Gasteiger partial charge in [0.25, 0.3) is 5.91 Å². The molecule has 1 aromatic heterocycles. The standard InChI is InChI=1S/C15H13F3N2O3/c16-15(17,18)14(22)20-9-11-4-1-3-10(7-11)8-19-13(21)12-5-2-6-23-12/h1-7H,8-9H2,(H,19,21)(H,20,22). The molecule has 0 spiro atoms. The second-order valence-electron chi connectivity index (χ2n) is 4.66. The van der Waals surface area contributed by atoms with Crippen LogP contribution in [0.15, 0.2) is 47.1 Å². The Morgan fingerprint density at radius 3 is 2.22 bits per heavy atom. The summed E-state index contributed by atoms with van der Waals surface area (Å²) >= 11 is 0. The zero-order valence-electron chi connectivity index (χ0n) is 11.8. The third-order valence-electron chi connectivity index (χ3n) is 2.90. The number of halogens is 3. The van der Waals surface area contributed by atoms with Crippen LogP contribution in [0.25, 0.3) is 0 Å². The monoisotopic (exact) mass is 326 g/mol. The van der Waals surface area contributed by atoms with E-state index in [0.29, 0.717) is 11.1 Å². The lowest BCUT2D eigenvalue weighted by Crippen LogP contribution is -2.36. The minimum atomic E-state index is -4.91. The maximum Gasteiger partial charge on any atom is 0.471 e. The molecule has 8 heteroatoms. The van der Waals surface area contributed by atoms with Gasteiger partial charge < -0.3 is 15.1 Å². The number of furan rings is 1. The number of rotatable bonds is 5. The topological polar surface area (TPSA) is 71.3 Å². The molecule has 2 N–H and O–H groups in total. The number of carbonyl (C=O) groups is 2. The summed E-state index contributed by atoms with van der Waals surface area (Å²) < 4.78 is 41.3. The first-order valence-electron chi connectivity index (χ1n) is 6.61. The quantitative estimate of drug-likeness (QED) is 0.886. The Bertz CT molecular complexity index is 682. The van der Waals surface area contributed by atoms with E-state index in [2.05, 4.69) is 5.32 Å². The number of amides is 2. The summed E-state index contributed by atoms with van der Waals surface area (Å²) in [7, 11) is 0. The minimum Gasteiger partial charge on any atom is -0.459 e. The minimum absolute atomic E-state index is 0.165. The highest BCUT2D eigenvalue weighted by Crippen LogP contribution is 2.14. The van der Waals surface area contributed by atoms with Gasteiger partial charge in [-0.05, 0) is 23.3 Å². The first kappa shape index (κ1) is 16.6. The molecule has 1 heterocycles. The number of alkyl halides is 3. The summed E-state index contributed by atoms with van der Waals surface area (Å²) in [6.07, 6.45) is -3.53. The maximum absolute atomic E-state index is 12.1. The van der Waals surface area contributed by atoms with Crippen LogP contribution < -0.4 is 10.6 Å². The molecule has 0 bridgehead atoms. The molecule has 5 nitrogen and oxygen atoms in total. The molecule has 0 aliphatic heterocycles. The number of carbonyl (C=O) groups excluding carboxylic acids is 2. The normalized spacial score (nSPS) is 11.1. The Labute approximate surface area is 129 Å². The molecule has 2 amide bonds. The highest BCUT2D eigenvalue weighted by atomic mass is 19.4. The van der Waals surface area contributed by atoms with Crippen molar-refractivity contribution in [1.82, 2.24) is 10.6 Å². The Balaban J connectivity index is 1.89. The van der Waals surface area contributed by atoms with Gasteiger partial charge in [-0.15, -0.1) is 0 Å². The predicted molar refractivity (Wildman–Crippen MR) is 74.2 cm³/mol. The molecular weight excluding hydrogens is 313 g/mol. The fourth-order valence-corrected chi connectivity index (χ4v) is 1.81. The molecule has 0 aliphatic carbocycles. The van der Waals surface area contributed by atoms with Gasteiger partial charge in [0.15, 0.2) is 5.76 Å². The van der Waals surface area contributed by atoms with Crippen molar-refractivity contribution in [1.29, 1.82) is 0 Å². The molecule has 2 rings (SSSR count). The van der Waals surface area contributed by atoms with Crippen LogP contribution in [-0.2, 0) is 17.9 Å². The van der Waals surface area contributed by atoms with Crippen molar-refractivity contribution >= 4 is 11.8 Å². The molecule has 122 valence electrons. The van der Waals surface area contributed by atoms with E-state index in [9.17, 15) is 22.8 Å². The summed E-state index contributed by atoms with van der Waals surface area (Å²) in [5, 5.41) is 4.40. The van der Waals surface area contributed by atoms with Crippen molar-refractivity contribution in [2.45, 2.75) is 19.3 Å². The number of benzene rings is 1. The summed E-state index contributed by atoms with van der Waals surface area (Å²) in [6, 6.07) is 9.60. The van der Waals surface area contributed by atoms with Crippen LogP contribution in [0.1, 0.15) is 21.7 Å². The summed E-state index contributed by atoms with van der Waals surface area (Å²) in [5.41, 5.74) is 1.18. The van der Waals surface area contributed by atoms with Crippen LogP contribution in [0.5, 0.6) is 0 Å². The molecule has 0 unspecified atom stereocenters. The van der Waals surface area contributed by atoms with Crippen molar-refractivity contribution in [3.63, 3.8) is 0 Å². The van der Waals surface area contributed by atoms with E-state index in [-0.39, 0.29) is 18.8 Å². The highest BCUT2D eigenvalue weighted by molar-refractivity contribution is 5.91. The van der Waals surface area contributed by atoms with Gasteiger partial charge in [-0.3, -0.25) is 9.59 Å². The van der Waals surface area contributed by atoms with Crippen molar-refractivity contribution in [3.8, 4) is 0 Å². The van der Waals surface area contributed by atoms with Crippen LogP contribution in [0.4, 0.5) is 13.2 Å². The molecule has 0 fully saturated rings. The van der Waals surface area contributed by atoms with E-state index in [4.69, 9.17) is 4.42 Å². The summed E-state index contributed by atoms with van der Waals surface area (Å²) in [6.45, 7) is -0.0705. The Kier molecular flexibility index (Phi) is 5.05. The van der Waals surface area contributed by atoms with Crippen molar-refractivity contribution < 1.29 is 27.2 Å². The van der Waals surface area contributed by atoms with Crippen LogP contribution in [0.2, 0.25) is 0 Å². The SMILES string of the molecule is O=C(NCc1cccc(CNC(=O)C(F)(F)F)c1)c1ccco1. The second kappa shape index (κ2) is 6.99. The van der Waals surface area contributed by atoms with Gasteiger partial charge in [-0.25, -0.2) is 0 Å². The van der Waals surface area contributed by atoms with Gasteiger partial charge in [0, 0.05) is 13.1 Å². The third kappa shape index (κ3) is 4.87. The average molecular weight is 326 g/mol. The smallest absolute Gasteiger partial charge is 0.459 e. The molecule has 0 radical (unpaired) electrons. The Morgan fingerprint density at radius 1 is 1.00 bits per heavy atom. The van der Waals surface area contributed by atoms with Gasteiger partial charge in [-0.2, -0.15) is 13.2 Å². The maximum atomic E-state index is 12.1. The summed E-state index contributed by atoms with van der Waals surface area (Å²) in [4.78, 5) is 22.5. The molecular formula is C15H13F3N2O3. The second-order valence-corrected chi connectivity index (χ2v) is 4.66. The molecule has 0 atom stereocenters. The zero-order chi connectivity index (χ0) is 16.9. The van der Waals surface area contributed by atoms with E-state index in [0.717, 1.165) is 0 Å². The lowest BCUT2D eigenvalue weighted by molar-refractivity contribution is -0.173. The van der Waals surface area contributed by atoms with Crippen molar-refractivity contribution in [3.05, 3.63) is 59.5 Å². The van der Waals surface area contributed by atoms with Crippen LogP contribution >= 0.6 is 0 Å². The van der Waals surface area contributed by atoms with Crippen LogP contribution in [0.3, 0.4) is 0 Å². The lowest BCUT2D eigenvalue weighted by atomic mass is 10.1. The fourth-order valence-electron chi connectivity index (χ4n) is 1.81. The average Bonchev–Trinajstić information content (AvgIpc) is 3.04. The molecule has 0 saturated heterocycles. The van der Waals surface area contributed by atoms with E-state index >= 15 is 0 Å². The van der Waals surface area contributed by atoms with E-state index in [1.807, 2.05) is 0 Å². The first-order chi connectivity index (χ1) is 10.9. The molecule has 23 heavy (non-hydrogen) atoms. The van der Waals surface area contributed by atoms with Crippen LogP contribution in [-0.4, -0.2) is 18.0 Å². The Hall–Kier alpha value is -2.77. The zero-order valence-corrected chi connectivity index (χ0v) is 11.8. The molecule has 0 aliphatic rings. The lowest BCUT2D eigenvalue weighted by Gasteiger charge is -2.09. The highest BCUT2D eigenvalue weighted by Gasteiger charge is 2.38. The van der Waals surface area contributed by atoms with E-state index in [1.165, 1.54) is 12.3 Å². The number of hydrogen-bond donors (Lipinski definition) is 2. The number of nitrogens with one attached hydrogen (secondary N) is 2. The molecule has 2 aromatic rings.